The van der Waals surface area contributed by atoms with E-state index in [-0.39, 0.29) is 18.4 Å². The Morgan fingerprint density at radius 3 is 2.47 bits per heavy atom. The molecule has 1 aliphatic rings. The third-order valence-corrected chi connectivity index (χ3v) is 3.67. The lowest BCUT2D eigenvalue weighted by Crippen LogP contribution is -2.39. The van der Waals surface area contributed by atoms with Crippen LogP contribution in [0.25, 0.3) is 0 Å². The molecule has 0 aliphatic heterocycles. The van der Waals surface area contributed by atoms with Crippen molar-refractivity contribution in [3.8, 4) is 0 Å². The molecule has 0 heterocycles. The number of carbonyl (C=O) groups is 2. The van der Waals surface area contributed by atoms with Gasteiger partial charge < -0.3 is 10.2 Å². The zero-order valence-corrected chi connectivity index (χ0v) is 12.4. The quantitative estimate of drug-likeness (QED) is 0.841. The lowest BCUT2D eigenvalue weighted by atomic mass is 10.1. The van der Waals surface area contributed by atoms with E-state index in [1.54, 1.807) is 19.2 Å². The first kappa shape index (κ1) is 14.1. The van der Waals surface area contributed by atoms with E-state index in [1.165, 1.54) is 4.90 Å². The Morgan fingerprint density at radius 2 is 1.95 bits per heavy atom. The summed E-state index contributed by atoms with van der Waals surface area (Å²) in [6.07, 6.45) is 2.11. The number of alkyl halides is 1. The molecule has 1 aromatic rings. The summed E-state index contributed by atoms with van der Waals surface area (Å²) in [5.74, 6) is -0.220. The normalized spacial score (nSPS) is 14.0. The van der Waals surface area contributed by atoms with Crippen molar-refractivity contribution < 1.29 is 9.59 Å². The van der Waals surface area contributed by atoms with Gasteiger partial charge in [0.25, 0.3) is 5.91 Å². The summed E-state index contributed by atoms with van der Waals surface area (Å²) in [7, 11) is 1.65. The van der Waals surface area contributed by atoms with E-state index in [0.717, 1.165) is 23.7 Å². The van der Waals surface area contributed by atoms with E-state index in [9.17, 15) is 9.59 Å². The third kappa shape index (κ3) is 4.06. The van der Waals surface area contributed by atoms with Crippen LogP contribution in [0.5, 0.6) is 0 Å². The molecule has 0 aromatic heterocycles. The monoisotopic (exact) mass is 324 g/mol. The summed E-state index contributed by atoms with van der Waals surface area (Å²) < 4.78 is 0. The number of halogens is 1. The van der Waals surface area contributed by atoms with Gasteiger partial charge in [0.05, 0.1) is 6.54 Å². The van der Waals surface area contributed by atoms with E-state index in [4.69, 9.17) is 0 Å². The van der Waals surface area contributed by atoms with Gasteiger partial charge in [0.15, 0.2) is 0 Å². The van der Waals surface area contributed by atoms with Crippen LogP contribution in [-0.4, -0.2) is 36.3 Å². The Hall–Kier alpha value is -1.36. The molecular formula is C14H17BrN2O2. The maximum Gasteiger partial charge on any atom is 0.254 e. The Labute approximate surface area is 121 Å². The highest BCUT2D eigenvalue weighted by atomic mass is 79.9. The number of nitrogens with zero attached hydrogens (tertiary/aromatic N) is 1. The van der Waals surface area contributed by atoms with Gasteiger partial charge in [-0.2, -0.15) is 0 Å². The second-order valence-corrected chi connectivity index (χ2v) is 5.39. The molecule has 1 saturated carbocycles. The van der Waals surface area contributed by atoms with Crippen LogP contribution in [0.4, 0.5) is 0 Å². The van der Waals surface area contributed by atoms with Crippen molar-refractivity contribution in [2.24, 2.45) is 0 Å². The van der Waals surface area contributed by atoms with Gasteiger partial charge >= 0.3 is 0 Å². The molecule has 1 aliphatic carbocycles. The van der Waals surface area contributed by atoms with Gasteiger partial charge in [-0.05, 0) is 30.5 Å². The molecule has 4 nitrogen and oxygen atoms in total. The molecule has 102 valence electrons. The average Bonchev–Trinajstić information content (AvgIpc) is 3.21. The smallest absolute Gasteiger partial charge is 0.254 e. The maximum atomic E-state index is 12.1. The van der Waals surface area contributed by atoms with E-state index in [1.807, 2.05) is 12.1 Å². The zero-order valence-electron chi connectivity index (χ0n) is 10.9. The molecule has 0 saturated heterocycles. The number of likely N-dealkylation sites (N-methyl/N-ethyl adjacent to an activating group) is 1. The molecule has 1 aromatic carbocycles. The van der Waals surface area contributed by atoms with Crippen molar-refractivity contribution in [1.29, 1.82) is 0 Å². The van der Waals surface area contributed by atoms with Crippen molar-refractivity contribution in [1.82, 2.24) is 10.2 Å². The fourth-order valence-corrected chi connectivity index (χ4v) is 2.12. The first-order valence-electron chi connectivity index (χ1n) is 6.30. The van der Waals surface area contributed by atoms with Crippen molar-refractivity contribution in [3.05, 3.63) is 35.4 Å². The molecule has 0 radical (unpaired) electrons. The molecular weight excluding hydrogens is 308 g/mol. The van der Waals surface area contributed by atoms with Crippen LogP contribution in [0.1, 0.15) is 28.8 Å². The molecule has 1 fully saturated rings. The number of hydrogen-bond donors (Lipinski definition) is 1. The Kier molecular flexibility index (Phi) is 4.58. The van der Waals surface area contributed by atoms with Crippen LogP contribution >= 0.6 is 15.9 Å². The number of benzene rings is 1. The first-order chi connectivity index (χ1) is 9.10. The minimum atomic E-state index is -0.132. The standard InChI is InChI=1S/C14H17BrN2O2/c1-17(9-13(18)16-12-6-7-12)14(19)11-4-2-10(8-15)3-5-11/h2-5,12H,6-9H2,1H3,(H,16,18). The SMILES string of the molecule is CN(CC(=O)NC1CC1)C(=O)c1ccc(CBr)cc1. The fraction of sp³-hybridized carbons (Fsp3) is 0.429. The largest absolute Gasteiger partial charge is 0.352 e. The van der Waals surface area contributed by atoms with Gasteiger partial charge in [0.1, 0.15) is 0 Å². The number of amides is 2. The van der Waals surface area contributed by atoms with Crippen LogP contribution in [0.15, 0.2) is 24.3 Å². The average molecular weight is 325 g/mol. The summed E-state index contributed by atoms with van der Waals surface area (Å²) in [5.41, 5.74) is 1.72. The Balaban J connectivity index is 1.91. The summed E-state index contributed by atoms with van der Waals surface area (Å²) in [6.45, 7) is 0.107. The molecule has 1 N–H and O–H groups in total. The fourth-order valence-electron chi connectivity index (χ4n) is 1.74. The predicted octanol–water partition coefficient (Wildman–Crippen LogP) is 1.93. The zero-order chi connectivity index (χ0) is 13.8. The van der Waals surface area contributed by atoms with Crippen molar-refractivity contribution >= 4 is 27.7 Å². The minimum Gasteiger partial charge on any atom is -0.352 e. The highest BCUT2D eigenvalue weighted by Crippen LogP contribution is 2.18. The Bertz CT molecular complexity index is 469. The predicted molar refractivity (Wildman–Crippen MR) is 77.2 cm³/mol. The number of carbonyl (C=O) groups excluding carboxylic acids is 2. The van der Waals surface area contributed by atoms with Crippen LogP contribution in [0, 0.1) is 0 Å². The summed E-state index contributed by atoms with van der Waals surface area (Å²) in [6, 6.07) is 7.71. The summed E-state index contributed by atoms with van der Waals surface area (Å²) in [4.78, 5) is 25.2. The maximum absolute atomic E-state index is 12.1. The van der Waals surface area contributed by atoms with Crippen molar-refractivity contribution in [2.75, 3.05) is 13.6 Å². The van der Waals surface area contributed by atoms with Gasteiger partial charge in [-0.3, -0.25) is 9.59 Å². The molecule has 0 bridgehead atoms. The van der Waals surface area contributed by atoms with Gasteiger partial charge in [0, 0.05) is 24.0 Å². The van der Waals surface area contributed by atoms with Gasteiger partial charge in [-0.15, -0.1) is 0 Å². The van der Waals surface area contributed by atoms with Crippen molar-refractivity contribution in [2.45, 2.75) is 24.2 Å². The molecule has 0 atom stereocenters. The third-order valence-electron chi connectivity index (χ3n) is 3.03. The number of nitrogens with one attached hydrogen (secondary N) is 1. The van der Waals surface area contributed by atoms with Gasteiger partial charge in [-0.1, -0.05) is 28.1 Å². The van der Waals surface area contributed by atoms with E-state index < -0.39 is 0 Å². The highest BCUT2D eigenvalue weighted by Gasteiger charge is 2.24. The molecule has 2 rings (SSSR count). The lowest BCUT2D eigenvalue weighted by Gasteiger charge is -2.16. The number of hydrogen-bond acceptors (Lipinski definition) is 2. The van der Waals surface area contributed by atoms with Crippen molar-refractivity contribution in [3.63, 3.8) is 0 Å². The van der Waals surface area contributed by atoms with E-state index in [0.29, 0.717) is 11.6 Å². The second kappa shape index (κ2) is 6.19. The van der Waals surface area contributed by atoms with E-state index in [2.05, 4.69) is 21.2 Å². The van der Waals surface area contributed by atoms with Crippen LogP contribution in [-0.2, 0) is 10.1 Å². The van der Waals surface area contributed by atoms with Gasteiger partial charge in [-0.25, -0.2) is 0 Å². The molecule has 19 heavy (non-hydrogen) atoms. The lowest BCUT2D eigenvalue weighted by molar-refractivity contribution is -0.121. The topological polar surface area (TPSA) is 49.4 Å². The molecule has 0 spiro atoms. The van der Waals surface area contributed by atoms with Crippen LogP contribution in [0.2, 0.25) is 0 Å². The Morgan fingerprint density at radius 1 is 1.32 bits per heavy atom. The highest BCUT2D eigenvalue weighted by molar-refractivity contribution is 9.08. The van der Waals surface area contributed by atoms with E-state index >= 15 is 0 Å². The van der Waals surface area contributed by atoms with Crippen LogP contribution in [0.3, 0.4) is 0 Å². The molecule has 5 heteroatoms. The number of rotatable bonds is 5. The minimum absolute atomic E-state index is 0.0876. The summed E-state index contributed by atoms with van der Waals surface area (Å²) in [5, 5.41) is 3.64. The van der Waals surface area contributed by atoms with Crippen LogP contribution < -0.4 is 5.32 Å². The molecule has 2 amide bonds. The summed E-state index contributed by atoms with van der Waals surface area (Å²) >= 11 is 3.36. The first-order valence-corrected chi connectivity index (χ1v) is 7.42. The second-order valence-electron chi connectivity index (χ2n) is 4.83. The van der Waals surface area contributed by atoms with Gasteiger partial charge in [0.2, 0.25) is 5.91 Å². The molecule has 0 unspecified atom stereocenters.